The van der Waals surface area contributed by atoms with Crippen molar-refractivity contribution in [2.45, 2.75) is 38.1 Å². The Kier molecular flexibility index (Phi) is 2.76. The predicted octanol–water partition coefficient (Wildman–Crippen LogP) is 2.29. The summed E-state index contributed by atoms with van der Waals surface area (Å²) in [6.45, 7) is 1.90. The first kappa shape index (κ1) is 10.2. The highest BCUT2D eigenvalue weighted by Gasteiger charge is 2.43. The Balaban J connectivity index is 1.97. The number of carbonyl (C=O) groups excluding carboxylic acids is 1. The van der Waals surface area contributed by atoms with Gasteiger partial charge in [0, 0.05) is 12.0 Å². The second kappa shape index (κ2) is 4.05. The lowest BCUT2D eigenvalue weighted by atomic mass is 10.0. The molecule has 1 aliphatic carbocycles. The Hall–Kier alpha value is -1.31. The lowest BCUT2D eigenvalue weighted by Crippen LogP contribution is -2.38. The molecule has 2 nitrogen and oxygen atoms in total. The minimum Gasteiger partial charge on any atom is -0.350 e. The van der Waals surface area contributed by atoms with E-state index in [-0.39, 0.29) is 11.4 Å². The summed E-state index contributed by atoms with van der Waals surface area (Å²) in [6, 6.07) is 10.4. The van der Waals surface area contributed by atoms with Crippen LogP contribution in [0.5, 0.6) is 0 Å². The van der Waals surface area contributed by atoms with Crippen LogP contribution in [0.15, 0.2) is 30.3 Å². The molecule has 1 aromatic carbocycles. The minimum atomic E-state index is 0.0778. The quantitative estimate of drug-likeness (QED) is 0.799. The van der Waals surface area contributed by atoms with E-state index in [1.807, 2.05) is 25.1 Å². The van der Waals surface area contributed by atoms with Crippen molar-refractivity contribution >= 4 is 5.91 Å². The zero-order valence-electron chi connectivity index (χ0n) is 9.12. The molecular weight excluding hydrogens is 186 g/mol. The van der Waals surface area contributed by atoms with E-state index >= 15 is 0 Å². The van der Waals surface area contributed by atoms with Gasteiger partial charge in [0.05, 0.1) is 0 Å². The first-order chi connectivity index (χ1) is 7.24. The van der Waals surface area contributed by atoms with E-state index in [0.717, 1.165) is 19.3 Å². The molecule has 1 aliphatic rings. The van der Waals surface area contributed by atoms with Crippen LogP contribution in [0.2, 0.25) is 0 Å². The molecule has 1 saturated carbocycles. The Morgan fingerprint density at radius 3 is 2.53 bits per heavy atom. The van der Waals surface area contributed by atoms with Crippen LogP contribution in [-0.2, 0) is 11.2 Å². The van der Waals surface area contributed by atoms with Crippen LogP contribution in [0, 0.1) is 0 Å². The van der Waals surface area contributed by atoms with E-state index in [0.29, 0.717) is 6.42 Å². The van der Waals surface area contributed by atoms with E-state index in [1.54, 1.807) is 0 Å². The zero-order chi connectivity index (χ0) is 10.7. The van der Waals surface area contributed by atoms with Gasteiger partial charge in [0.15, 0.2) is 0 Å². The van der Waals surface area contributed by atoms with Crippen molar-refractivity contribution in [2.75, 3.05) is 0 Å². The van der Waals surface area contributed by atoms with Gasteiger partial charge in [-0.15, -0.1) is 0 Å². The molecule has 0 spiro atoms. The van der Waals surface area contributed by atoms with Gasteiger partial charge in [-0.05, 0) is 24.8 Å². The summed E-state index contributed by atoms with van der Waals surface area (Å²) in [7, 11) is 0. The summed E-state index contributed by atoms with van der Waals surface area (Å²) in [5.41, 5.74) is 1.39. The molecule has 1 N–H and O–H groups in total. The monoisotopic (exact) mass is 203 g/mol. The average Bonchev–Trinajstić information content (AvgIpc) is 2.99. The molecule has 0 atom stereocenters. The third-order valence-corrected chi connectivity index (χ3v) is 2.96. The molecule has 0 bridgehead atoms. The van der Waals surface area contributed by atoms with E-state index in [9.17, 15) is 4.79 Å². The van der Waals surface area contributed by atoms with Gasteiger partial charge in [-0.1, -0.05) is 37.3 Å². The third kappa shape index (κ3) is 2.58. The standard InChI is InChI=1S/C13H17NO/c1-2-12(15)14-13(8-9-13)10-11-6-4-3-5-7-11/h3-7H,2,8-10H2,1H3,(H,14,15). The summed E-state index contributed by atoms with van der Waals surface area (Å²) < 4.78 is 0. The fourth-order valence-corrected chi connectivity index (χ4v) is 1.87. The van der Waals surface area contributed by atoms with Crippen molar-refractivity contribution < 1.29 is 4.79 Å². The molecule has 0 aromatic heterocycles. The van der Waals surface area contributed by atoms with Crippen molar-refractivity contribution in [3.63, 3.8) is 0 Å². The highest BCUT2D eigenvalue weighted by atomic mass is 16.1. The Labute approximate surface area is 90.7 Å². The summed E-state index contributed by atoms with van der Waals surface area (Å²) >= 11 is 0. The number of benzene rings is 1. The lowest BCUT2D eigenvalue weighted by Gasteiger charge is -2.16. The van der Waals surface area contributed by atoms with Crippen LogP contribution in [0.1, 0.15) is 31.7 Å². The predicted molar refractivity (Wildman–Crippen MR) is 60.5 cm³/mol. The van der Waals surface area contributed by atoms with Crippen molar-refractivity contribution in [3.8, 4) is 0 Å². The number of amides is 1. The van der Waals surface area contributed by atoms with Crippen LogP contribution in [0.4, 0.5) is 0 Å². The molecule has 0 saturated heterocycles. The molecule has 0 radical (unpaired) electrons. The Morgan fingerprint density at radius 1 is 1.33 bits per heavy atom. The van der Waals surface area contributed by atoms with Crippen molar-refractivity contribution in [2.24, 2.45) is 0 Å². The Bertz CT molecular complexity index is 341. The smallest absolute Gasteiger partial charge is 0.220 e. The van der Waals surface area contributed by atoms with Gasteiger partial charge in [-0.25, -0.2) is 0 Å². The summed E-state index contributed by atoms with van der Waals surface area (Å²) in [4.78, 5) is 11.3. The van der Waals surface area contributed by atoms with Crippen LogP contribution in [0.25, 0.3) is 0 Å². The second-order valence-corrected chi connectivity index (χ2v) is 4.34. The van der Waals surface area contributed by atoms with Crippen LogP contribution in [-0.4, -0.2) is 11.4 Å². The summed E-state index contributed by atoms with van der Waals surface area (Å²) in [5, 5.41) is 3.13. The molecule has 2 rings (SSSR count). The molecule has 1 fully saturated rings. The largest absolute Gasteiger partial charge is 0.350 e. The van der Waals surface area contributed by atoms with Crippen LogP contribution in [0.3, 0.4) is 0 Å². The van der Waals surface area contributed by atoms with E-state index in [1.165, 1.54) is 5.56 Å². The minimum absolute atomic E-state index is 0.0778. The molecule has 0 aliphatic heterocycles. The highest BCUT2D eigenvalue weighted by molar-refractivity contribution is 5.77. The van der Waals surface area contributed by atoms with E-state index < -0.39 is 0 Å². The SMILES string of the molecule is CCC(=O)NC1(Cc2ccccc2)CC1. The second-order valence-electron chi connectivity index (χ2n) is 4.34. The van der Waals surface area contributed by atoms with Gasteiger partial charge in [-0.2, -0.15) is 0 Å². The fraction of sp³-hybridized carbons (Fsp3) is 0.462. The molecule has 2 heteroatoms. The zero-order valence-corrected chi connectivity index (χ0v) is 9.12. The first-order valence-corrected chi connectivity index (χ1v) is 5.59. The van der Waals surface area contributed by atoms with Crippen molar-refractivity contribution in [1.29, 1.82) is 0 Å². The van der Waals surface area contributed by atoms with Gasteiger partial charge in [0.25, 0.3) is 0 Å². The van der Waals surface area contributed by atoms with E-state index in [2.05, 4.69) is 17.4 Å². The Morgan fingerprint density at radius 2 is 2.00 bits per heavy atom. The first-order valence-electron chi connectivity index (χ1n) is 5.59. The maximum atomic E-state index is 11.3. The normalized spacial score (nSPS) is 17.1. The molecule has 1 amide bonds. The van der Waals surface area contributed by atoms with Crippen molar-refractivity contribution in [3.05, 3.63) is 35.9 Å². The number of hydrogen-bond donors (Lipinski definition) is 1. The van der Waals surface area contributed by atoms with Gasteiger partial charge < -0.3 is 5.32 Å². The fourth-order valence-electron chi connectivity index (χ4n) is 1.87. The van der Waals surface area contributed by atoms with Gasteiger partial charge in [0.1, 0.15) is 0 Å². The topological polar surface area (TPSA) is 29.1 Å². The third-order valence-electron chi connectivity index (χ3n) is 2.96. The number of carbonyl (C=O) groups is 1. The van der Waals surface area contributed by atoms with Gasteiger partial charge >= 0.3 is 0 Å². The number of hydrogen-bond acceptors (Lipinski definition) is 1. The summed E-state index contributed by atoms with van der Waals surface area (Å²) in [5.74, 6) is 0.170. The van der Waals surface area contributed by atoms with E-state index in [4.69, 9.17) is 0 Å². The lowest BCUT2D eigenvalue weighted by molar-refractivity contribution is -0.121. The maximum Gasteiger partial charge on any atom is 0.220 e. The molecular formula is C13H17NO. The highest BCUT2D eigenvalue weighted by Crippen LogP contribution is 2.38. The number of nitrogens with one attached hydrogen (secondary N) is 1. The number of rotatable bonds is 4. The molecule has 0 heterocycles. The van der Waals surface area contributed by atoms with Crippen LogP contribution >= 0.6 is 0 Å². The van der Waals surface area contributed by atoms with Gasteiger partial charge in [-0.3, -0.25) is 4.79 Å². The maximum absolute atomic E-state index is 11.3. The summed E-state index contributed by atoms with van der Waals surface area (Å²) in [6.07, 6.45) is 3.79. The molecule has 0 unspecified atom stereocenters. The molecule has 1 aromatic rings. The molecule has 80 valence electrons. The van der Waals surface area contributed by atoms with Gasteiger partial charge in [0.2, 0.25) is 5.91 Å². The van der Waals surface area contributed by atoms with Crippen LogP contribution < -0.4 is 5.32 Å². The molecule has 15 heavy (non-hydrogen) atoms. The van der Waals surface area contributed by atoms with Crippen molar-refractivity contribution in [1.82, 2.24) is 5.32 Å². The average molecular weight is 203 g/mol.